The van der Waals surface area contributed by atoms with Crippen LogP contribution in [0.4, 0.5) is 4.79 Å². The molecule has 170 valence electrons. The van der Waals surface area contributed by atoms with Gasteiger partial charge in [0.25, 0.3) is 0 Å². The molecule has 7 nitrogen and oxygen atoms in total. The molecule has 0 heterocycles. The van der Waals surface area contributed by atoms with Crippen molar-refractivity contribution in [1.29, 1.82) is 5.41 Å². The molecular formula is C25H31N3O4. The van der Waals surface area contributed by atoms with Gasteiger partial charge in [-0.3, -0.25) is 10.2 Å². The molecule has 32 heavy (non-hydrogen) atoms. The van der Waals surface area contributed by atoms with E-state index in [-0.39, 0.29) is 30.4 Å². The van der Waals surface area contributed by atoms with Gasteiger partial charge in [0.2, 0.25) is 0 Å². The van der Waals surface area contributed by atoms with Crippen molar-refractivity contribution in [3.63, 3.8) is 0 Å². The van der Waals surface area contributed by atoms with Crippen LogP contribution in [-0.4, -0.2) is 34.4 Å². The monoisotopic (exact) mass is 437 g/mol. The van der Waals surface area contributed by atoms with Gasteiger partial charge in [-0.05, 0) is 44.7 Å². The molecule has 3 rings (SSSR count). The van der Waals surface area contributed by atoms with Crippen molar-refractivity contribution in [2.24, 2.45) is 11.7 Å². The zero-order chi connectivity index (χ0) is 23.3. The van der Waals surface area contributed by atoms with Crippen molar-refractivity contribution >= 4 is 17.9 Å². The van der Waals surface area contributed by atoms with Crippen molar-refractivity contribution in [3.8, 4) is 0 Å². The van der Waals surface area contributed by atoms with E-state index in [2.05, 4.69) is 0 Å². The Bertz CT molecular complexity index is 945. The molecule has 0 unspecified atom stereocenters. The van der Waals surface area contributed by atoms with Crippen LogP contribution in [0.3, 0.4) is 0 Å². The number of carbonyl (C=O) groups is 2. The molecule has 0 spiro atoms. The van der Waals surface area contributed by atoms with E-state index in [9.17, 15) is 9.59 Å². The number of nitrogens with zero attached hydrogens (tertiary/aromatic N) is 1. The van der Waals surface area contributed by atoms with Crippen LogP contribution in [0.5, 0.6) is 0 Å². The highest BCUT2D eigenvalue weighted by Gasteiger charge is 2.42. The van der Waals surface area contributed by atoms with Crippen LogP contribution in [0.15, 0.2) is 54.6 Å². The highest BCUT2D eigenvalue weighted by Crippen LogP contribution is 2.35. The fourth-order valence-electron chi connectivity index (χ4n) is 3.53. The smallest absolute Gasteiger partial charge is 0.410 e. The summed E-state index contributed by atoms with van der Waals surface area (Å²) in [7, 11) is 0. The highest BCUT2D eigenvalue weighted by atomic mass is 16.6. The van der Waals surface area contributed by atoms with Gasteiger partial charge in [-0.1, -0.05) is 54.6 Å². The van der Waals surface area contributed by atoms with E-state index in [0.717, 1.165) is 11.1 Å². The number of carbonyl (C=O) groups excluding carboxylic acids is 2. The fourth-order valence-corrected chi connectivity index (χ4v) is 3.53. The molecule has 3 N–H and O–H groups in total. The molecule has 1 amide bonds. The molecule has 0 aliphatic heterocycles. The SMILES string of the molecule is CC(C)(C)OC(=O)N(Cc1ccc(C(=N)N)cc1)C1CC(C(=O)OCc2ccccc2)C1. The molecule has 2 aromatic rings. The van der Waals surface area contributed by atoms with E-state index in [0.29, 0.717) is 24.9 Å². The summed E-state index contributed by atoms with van der Waals surface area (Å²) in [6.07, 6.45) is 0.672. The van der Waals surface area contributed by atoms with Crippen LogP contribution in [0.1, 0.15) is 50.3 Å². The molecule has 1 fully saturated rings. The van der Waals surface area contributed by atoms with E-state index < -0.39 is 11.7 Å². The summed E-state index contributed by atoms with van der Waals surface area (Å²) in [5.41, 5.74) is 7.37. The maximum Gasteiger partial charge on any atom is 0.410 e. The molecule has 0 radical (unpaired) electrons. The Morgan fingerprint density at radius 3 is 2.22 bits per heavy atom. The lowest BCUT2D eigenvalue weighted by molar-refractivity contribution is -0.155. The Labute approximate surface area is 189 Å². The summed E-state index contributed by atoms with van der Waals surface area (Å²) in [5.74, 6) is -0.467. The Balaban J connectivity index is 1.62. The first-order chi connectivity index (χ1) is 15.1. The average molecular weight is 438 g/mol. The lowest BCUT2D eigenvalue weighted by Gasteiger charge is -2.42. The van der Waals surface area contributed by atoms with Gasteiger partial charge in [0.15, 0.2) is 0 Å². The number of hydrogen-bond acceptors (Lipinski definition) is 5. The molecular weight excluding hydrogens is 406 g/mol. The number of hydrogen-bond donors (Lipinski definition) is 2. The number of esters is 1. The van der Waals surface area contributed by atoms with Gasteiger partial charge in [0, 0.05) is 18.2 Å². The minimum Gasteiger partial charge on any atom is -0.461 e. The zero-order valence-corrected chi connectivity index (χ0v) is 18.8. The van der Waals surface area contributed by atoms with Gasteiger partial charge in [0.05, 0.1) is 5.92 Å². The van der Waals surface area contributed by atoms with Gasteiger partial charge in [-0.2, -0.15) is 0 Å². The summed E-state index contributed by atoms with van der Waals surface area (Å²) in [5, 5.41) is 7.52. The normalized spacial score (nSPS) is 17.7. The second-order valence-corrected chi connectivity index (χ2v) is 9.13. The van der Waals surface area contributed by atoms with Crippen molar-refractivity contribution in [3.05, 3.63) is 71.3 Å². The van der Waals surface area contributed by atoms with Crippen LogP contribution in [-0.2, 0) is 27.4 Å². The van der Waals surface area contributed by atoms with Crippen molar-refractivity contribution in [2.75, 3.05) is 0 Å². The number of benzene rings is 2. The number of rotatable bonds is 7. The van der Waals surface area contributed by atoms with E-state index in [1.165, 1.54) is 0 Å². The lowest BCUT2D eigenvalue weighted by Crippen LogP contribution is -2.50. The molecule has 0 atom stereocenters. The molecule has 0 saturated heterocycles. The van der Waals surface area contributed by atoms with Crippen LogP contribution in [0, 0.1) is 11.3 Å². The van der Waals surface area contributed by atoms with Gasteiger partial charge in [-0.15, -0.1) is 0 Å². The van der Waals surface area contributed by atoms with E-state index >= 15 is 0 Å². The molecule has 2 aromatic carbocycles. The second kappa shape index (κ2) is 9.85. The number of amidine groups is 1. The average Bonchev–Trinajstić information content (AvgIpc) is 2.70. The third kappa shape index (κ3) is 6.33. The first kappa shape index (κ1) is 23.3. The molecule has 0 aromatic heterocycles. The van der Waals surface area contributed by atoms with Gasteiger partial charge < -0.3 is 20.1 Å². The van der Waals surface area contributed by atoms with Crippen molar-refractivity contribution in [2.45, 2.75) is 58.4 Å². The quantitative estimate of drug-likeness (QED) is 0.383. The topological polar surface area (TPSA) is 106 Å². The minimum absolute atomic E-state index is 0.00333. The summed E-state index contributed by atoms with van der Waals surface area (Å²) in [6.45, 7) is 6.09. The third-order valence-corrected chi connectivity index (χ3v) is 5.36. The Morgan fingerprint density at radius 2 is 1.66 bits per heavy atom. The Hall–Kier alpha value is -3.35. The van der Waals surface area contributed by atoms with Crippen LogP contribution in [0.2, 0.25) is 0 Å². The number of ether oxygens (including phenoxy) is 2. The summed E-state index contributed by atoms with van der Waals surface area (Å²) < 4.78 is 11.1. The Kier molecular flexibility index (Phi) is 7.18. The van der Waals surface area contributed by atoms with Crippen molar-refractivity contribution in [1.82, 2.24) is 4.90 Å². The van der Waals surface area contributed by atoms with Gasteiger partial charge >= 0.3 is 12.1 Å². The predicted molar refractivity (Wildman–Crippen MR) is 122 cm³/mol. The maximum absolute atomic E-state index is 12.9. The zero-order valence-electron chi connectivity index (χ0n) is 18.8. The van der Waals surface area contributed by atoms with E-state index in [1.54, 1.807) is 17.0 Å². The van der Waals surface area contributed by atoms with Gasteiger partial charge in [0.1, 0.15) is 18.0 Å². The number of nitrogen functional groups attached to an aromatic ring is 1. The highest BCUT2D eigenvalue weighted by molar-refractivity contribution is 5.94. The maximum atomic E-state index is 12.9. The predicted octanol–water partition coefficient (Wildman–Crippen LogP) is 4.23. The third-order valence-electron chi connectivity index (χ3n) is 5.36. The number of amides is 1. The van der Waals surface area contributed by atoms with E-state index in [1.807, 2.05) is 63.2 Å². The summed E-state index contributed by atoms with van der Waals surface area (Å²) in [4.78, 5) is 27.0. The molecule has 1 aliphatic carbocycles. The van der Waals surface area contributed by atoms with Crippen molar-refractivity contribution < 1.29 is 19.1 Å². The molecule has 1 saturated carbocycles. The van der Waals surface area contributed by atoms with Crippen LogP contribution < -0.4 is 5.73 Å². The minimum atomic E-state index is -0.619. The lowest BCUT2D eigenvalue weighted by atomic mass is 9.79. The summed E-state index contributed by atoms with van der Waals surface area (Å²) >= 11 is 0. The van der Waals surface area contributed by atoms with Gasteiger partial charge in [-0.25, -0.2) is 4.79 Å². The molecule has 1 aliphatic rings. The second-order valence-electron chi connectivity index (χ2n) is 9.13. The standard InChI is InChI=1S/C25H31N3O4/c1-25(2,3)32-24(30)28(15-17-9-11-19(12-10-17)22(26)27)21-13-20(14-21)23(29)31-16-18-7-5-4-6-8-18/h4-12,20-21H,13-16H2,1-3H3,(H3,26,27). The number of nitrogens with one attached hydrogen (secondary N) is 1. The fraction of sp³-hybridized carbons (Fsp3) is 0.400. The molecule has 7 heteroatoms. The van der Waals surface area contributed by atoms with Crippen LogP contribution in [0.25, 0.3) is 0 Å². The number of nitrogens with two attached hydrogens (primary N) is 1. The Morgan fingerprint density at radius 1 is 1.03 bits per heavy atom. The van der Waals surface area contributed by atoms with E-state index in [4.69, 9.17) is 20.6 Å². The first-order valence-electron chi connectivity index (χ1n) is 10.8. The largest absolute Gasteiger partial charge is 0.461 e. The summed E-state index contributed by atoms with van der Waals surface area (Å²) in [6, 6.07) is 16.7. The molecule has 0 bridgehead atoms. The first-order valence-corrected chi connectivity index (χ1v) is 10.8. The van der Waals surface area contributed by atoms with Crippen LogP contribution >= 0.6 is 0 Å².